The van der Waals surface area contributed by atoms with Crippen LogP contribution in [0.5, 0.6) is 0 Å². The van der Waals surface area contributed by atoms with Gasteiger partial charge in [-0.15, -0.1) is 0 Å². The number of ether oxygens (including phenoxy) is 4. The van der Waals surface area contributed by atoms with Crippen molar-refractivity contribution >= 4 is 35.8 Å². The molecule has 0 bridgehead atoms. The van der Waals surface area contributed by atoms with Crippen molar-refractivity contribution in [1.29, 1.82) is 0 Å². The smallest absolute Gasteiger partial charge is 0.346 e. The Morgan fingerprint density at radius 1 is 0.667 bits per heavy atom. The van der Waals surface area contributed by atoms with Crippen LogP contribution in [0.4, 0.5) is 0 Å². The molecule has 0 aliphatic carbocycles. The number of esters is 6. The maximum atomic E-state index is 12.1. The lowest BCUT2D eigenvalue weighted by atomic mass is 10.1. The second-order valence-electron chi connectivity index (χ2n) is 8.02. The summed E-state index contributed by atoms with van der Waals surface area (Å²) in [7, 11) is 0. The van der Waals surface area contributed by atoms with Gasteiger partial charge in [0.15, 0.2) is 0 Å². The first-order chi connectivity index (χ1) is 17.3. The standard InChI is InChI=1S/C26H30O10/c1-3-5-7-11-17-19(25(31)35-23(17)29)15-21(27)33-13-9-10-14-34-22(28)16-20-18(12-8-6-4-2)24(30)36-26(20)32/h7-8,11-12H,3-6,9-10,13-16H2,1-2H3/b11-7+,12-8+. The van der Waals surface area contributed by atoms with Crippen molar-refractivity contribution in [3.63, 3.8) is 0 Å². The Morgan fingerprint density at radius 2 is 1.06 bits per heavy atom. The average Bonchev–Trinajstić information content (AvgIpc) is 3.24. The quantitative estimate of drug-likeness (QED) is 0.142. The van der Waals surface area contributed by atoms with Crippen LogP contribution in [0.1, 0.15) is 65.2 Å². The maximum absolute atomic E-state index is 12.1. The Hall–Kier alpha value is -3.82. The van der Waals surface area contributed by atoms with Gasteiger partial charge in [0.25, 0.3) is 0 Å². The Morgan fingerprint density at radius 3 is 1.42 bits per heavy atom. The number of carbonyl (C=O) groups is 6. The SMILES string of the molecule is CCC/C=C/C1=C(CC(=O)OCCCCOC(=O)CC2=C(/C=C/CCC)C(=O)OC2=O)C(=O)OC1=O. The van der Waals surface area contributed by atoms with Gasteiger partial charge >= 0.3 is 35.8 Å². The van der Waals surface area contributed by atoms with Crippen molar-refractivity contribution in [2.75, 3.05) is 13.2 Å². The fourth-order valence-electron chi connectivity index (χ4n) is 3.24. The van der Waals surface area contributed by atoms with Gasteiger partial charge in [-0.25, -0.2) is 19.2 Å². The number of allylic oxidation sites excluding steroid dienone is 2. The van der Waals surface area contributed by atoms with Gasteiger partial charge in [-0.2, -0.15) is 0 Å². The minimum atomic E-state index is -0.855. The topological polar surface area (TPSA) is 139 Å². The van der Waals surface area contributed by atoms with Gasteiger partial charge in [-0.1, -0.05) is 51.0 Å². The first-order valence-corrected chi connectivity index (χ1v) is 11.9. The minimum absolute atomic E-state index is 0.0199. The van der Waals surface area contributed by atoms with Crippen LogP contribution in [0.25, 0.3) is 0 Å². The summed E-state index contributed by atoms with van der Waals surface area (Å²) in [6.07, 6.45) is 9.55. The van der Waals surface area contributed by atoms with E-state index < -0.39 is 35.8 Å². The summed E-state index contributed by atoms with van der Waals surface area (Å²) < 4.78 is 19.3. The summed E-state index contributed by atoms with van der Waals surface area (Å²) in [4.78, 5) is 71.4. The largest absolute Gasteiger partial charge is 0.465 e. The second-order valence-corrected chi connectivity index (χ2v) is 8.02. The maximum Gasteiger partial charge on any atom is 0.346 e. The molecule has 2 heterocycles. The van der Waals surface area contributed by atoms with E-state index in [0.29, 0.717) is 25.7 Å². The Balaban J connectivity index is 1.73. The zero-order chi connectivity index (χ0) is 26.5. The van der Waals surface area contributed by atoms with Crippen molar-refractivity contribution in [2.24, 2.45) is 0 Å². The summed E-state index contributed by atoms with van der Waals surface area (Å²) in [6, 6.07) is 0. The lowest BCUT2D eigenvalue weighted by Gasteiger charge is -2.06. The molecule has 0 saturated heterocycles. The molecule has 0 aromatic carbocycles. The number of carbonyl (C=O) groups excluding carboxylic acids is 6. The van der Waals surface area contributed by atoms with Crippen molar-refractivity contribution in [2.45, 2.75) is 65.2 Å². The predicted molar refractivity (Wildman–Crippen MR) is 125 cm³/mol. The highest BCUT2D eigenvalue weighted by Gasteiger charge is 2.34. The molecule has 0 N–H and O–H groups in total. The molecule has 0 spiro atoms. The summed E-state index contributed by atoms with van der Waals surface area (Å²) >= 11 is 0. The Bertz CT molecular complexity index is 943. The van der Waals surface area contributed by atoms with Gasteiger partial charge in [-0.05, 0) is 25.7 Å². The van der Waals surface area contributed by atoms with Crippen LogP contribution in [0.3, 0.4) is 0 Å². The van der Waals surface area contributed by atoms with E-state index in [9.17, 15) is 28.8 Å². The number of hydrogen-bond donors (Lipinski definition) is 0. The van der Waals surface area contributed by atoms with Crippen LogP contribution in [0.15, 0.2) is 46.6 Å². The molecule has 0 aromatic heterocycles. The third-order valence-corrected chi connectivity index (χ3v) is 5.14. The first kappa shape index (κ1) is 28.4. The molecule has 2 aliphatic heterocycles. The van der Waals surface area contributed by atoms with E-state index in [1.165, 1.54) is 12.2 Å². The van der Waals surface area contributed by atoms with Crippen molar-refractivity contribution in [3.05, 3.63) is 46.6 Å². The molecule has 36 heavy (non-hydrogen) atoms. The van der Waals surface area contributed by atoms with Gasteiger partial charge in [0.2, 0.25) is 0 Å². The summed E-state index contributed by atoms with van der Waals surface area (Å²) in [5.74, 6) is -4.65. The first-order valence-electron chi connectivity index (χ1n) is 11.9. The van der Waals surface area contributed by atoms with Crippen molar-refractivity contribution in [3.8, 4) is 0 Å². The van der Waals surface area contributed by atoms with Crippen LogP contribution in [0.2, 0.25) is 0 Å². The highest BCUT2D eigenvalue weighted by Crippen LogP contribution is 2.23. The zero-order valence-corrected chi connectivity index (χ0v) is 20.5. The number of unbranched alkanes of at least 4 members (excludes halogenated alkanes) is 3. The fourth-order valence-corrected chi connectivity index (χ4v) is 3.24. The molecule has 0 unspecified atom stereocenters. The highest BCUT2D eigenvalue weighted by molar-refractivity contribution is 6.16. The molecule has 0 saturated carbocycles. The van der Waals surface area contributed by atoms with Crippen molar-refractivity contribution < 1.29 is 47.7 Å². The molecule has 0 atom stereocenters. The van der Waals surface area contributed by atoms with E-state index in [1.54, 1.807) is 12.2 Å². The molecule has 0 fully saturated rings. The molecule has 10 heteroatoms. The zero-order valence-electron chi connectivity index (χ0n) is 20.5. The van der Waals surface area contributed by atoms with Gasteiger partial charge in [-0.3, -0.25) is 9.59 Å². The summed E-state index contributed by atoms with van der Waals surface area (Å²) in [6.45, 7) is 3.96. The molecular formula is C26H30O10. The van der Waals surface area contributed by atoms with Crippen LogP contribution in [-0.4, -0.2) is 49.0 Å². The van der Waals surface area contributed by atoms with Gasteiger partial charge < -0.3 is 18.9 Å². The van der Waals surface area contributed by atoms with E-state index in [1.807, 2.05) is 13.8 Å². The Labute approximate surface area is 209 Å². The van der Waals surface area contributed by atoms with E-state index in [2.05, 4.69) is 9.47 Å². The van der Waals surface area contributed by atoms with Crippen LogP contribution in [0, 0.1) is 0 Å². The van der Waals surface area contributed by atoms with Crippen LogP contribution >= 0.6 is 0 Å². The molecule has 0 amide bonds. The minimum Gasteiger partial charge on any atom is -0.465 e. The average molecular weight is 503 g/mol. The molecular weight excluding hydrogens is 472 g/mol. The van der Waals surface area contributed by atoms with Crippen molar-refractivity contribution in [1.82, 2.24) is 0 Å². The fraction of sp³-hybridized carbons (Fsp3) is 0.462. The summed E-state index contributed by atoms with van der Waals surface area (Å²) in [5, 5.41) is 0. The Kier molecular flexibility index (Phi) is 11.5. The van der Waals surface area contributed by atoms with E-state index in [0.717, 1.165) is 12.8 Å². The molecule has 2 aliphatic rings. The van der Waals surface area contributed by atoms with Gasteiger partial charge in [0.1, 0.15) is 0 Å². The van der Waals surface area contributed by atoms with E-state index >= 15 is 0 Å². The number of hydrogen-bond acceptors (Lipinski definition) is 10. The number of cyclic esters (lactones) is 4. The lowest BCUT2D eigenvalue weighted by molar-refractivity contribution is -0.153. The van der Waals surface area contributed by atoms with Gasteiger partial charge in [0, 0.05) is 0 Å². The molecule has 10 nitrogen and oxygen atoms in total. The number of rotatable bonds is 15. The van der Waals surface area contributed by atoms with E-state index in [-0.39, 0.29) is 48.3 Å². The molecule has 0 radical (unpaired) electrons. The lowest BCUT2D eigenvalue weighted by Crippen LogP contribution is -2.12. The third kappa shape index (κ3) is 8.44. The van der Waals surface area contributed by atoms with Crippen LogP contribution in [-0.2, 0) is 47.7 Å². The molecule has 0 aromatic rings. The molecule has 2 rings (SSSR count). The second kappa shape index (κ2) is 14.6. The predicted octanol–water partition coefficient (Wildman–Crippen LogP) is 3.11. The monoisotopic (exact) mass is 502 g/mol. The third-order valence-electron chi connectivity index (χ3n) is 5.14. The van der Waals surface area contributed by atoms with Gasteiger partial charge in [0.05, 0.1) is 48.3 Å². The highest BCUT2D eigenvalue weighted by atomic mass is 16.6. The molecule has 194 valence electrons. The van der Waals surface area contributed by atoms with E-state index in [4.69, 9.17) is 9.47 Å². The summed E-state index contributed by atoms with van der Waals surface area (Å²) in [5.41, 5.74) is 0.0513. The van der Waals surface area contributed by atoms with Crippen LogP contribution < -0.4 is 0 Å². The normalized spacial score (nSPS) is 15.9.